The summed E-state index contributed by atoms with van der Waals surface area (Å²) in [6.07, 6.45) is 1.72. The van der Waals surface area contributed by atoms with E-state index in [1.165, 1.54) is 0 Å². The molecule has 0 atom stereocenters. The quantitative estimate of drug-likeness (QED) is 0.840. The number of hydrogen-bond acceptors (Lipinski definition) is 4. The summed E-state index contributed by atoms with van der Waals surface area (Å²) in [4.78, 5) is 12.1. The van der Waals surface area contributed by atoms with E-state index in [1.54, 1.807) is 41.1 Å². The number of rotatable bonds is 4. The van der Waals surface area contributed by atoms with Crippen molar-refractivity contribution in [3.8, 4) is 5.75 Å². The summed E-state index contributed by atoms with van der Waals surface area (Å²) in [7, 11) is 0. The van der Waals surface area contributed by atoms with E-state index in [9.17, 15) is 9.90 Å². The Bertz CT molecular complexity index is 600. The van der Waals surface area contributed by atoms with E-state index in [2.05, 4.69) is 0 Å². The van der Waals surface area contributed by atoms with Crippen LogP contribution in [0, 0.1) is 0 Å². The highest BCUT2D eigenvalue weighted by Gasteiger charge is 2.16. The molecule has 1 aromatic carbocycles. The lowest BCUT2D eigenvalue weighted by Crippen LogP contribution is -2.13. The van der Waals surface area contributed by atoms with E-state index in [0.29, 0.717) is 11.4 Å². The van der Waals surface area contributed by atoms with Crippen LogP contribution in [0.3, 0.4) is 0 Å². The molecule has 0 saturated carbocycles. The number of phenolic OH excluding ortho intramolecular Hbond substituents is 1. The number of anilines is 1. The summed E-state index contributed by atoms with van der Waals surface area (Å²) < 4.78 is 7.05. The SMILES string of the molecule is CC(C)n1cc(N)cc1C(=O)OCc1ccc(O)cc1. The van der Waals surface area contributed by atoms with Crippen LogP contribution in [-0.2, 0) is 11.3 Å². The Labute approximate surface area is 117 Å². The molecule has 2 aromatic rings. The molecule has 0 aliphatic rings. The number of esters is 1. The average Bonchev–Trinajstić information content (AvgIpc) is 2.80. The predicted molar refractivity (Wildman–Crippen MR) is 76.5 cm³/mol. The fraction of sp³-hybridized carbons (Fsp3) is 0.267. The number of aromatic nitrogens is 1. The van der Waals surface area contributed by atoms with Gasteiger partial charge < -0.3 is 20.1 Å². The molecule has 0 fully saturated rings. The Balaban J connectivity index is 2.07. The Hall–Kier alpha value is -2.43. The highest BCUT2D eigenvalue weighted by Crippen LogP contribution is 2.18. The first-order valence-corrected chi connectivity index (χ1v) is 6.39. The van der Waals surface area contributed by atoms with Crippen LogP contribution in [0.5, 0.6) is 5.75 Å². The topological polar surface area (TPSA) is 77.5 Å². The molecule has 5 nitrogen and oxygen atoms in total. The van der Waals surface area contributed by atoms with Crippen LogP contribution in [0.4, 0.5) is 5.69 Å². The number of nitrogen functional groups attached to an aromatic ring is 1. The van der Waals surface area contributed by atoms with Gasteiger partial charge in [-0.2, -0.15) is 0 Å². The van der Waals surface area contributed by atoms with E-state index in [1.807, 2.05) is 13.8 Å². The van der Waals surface area contributed by atoms with E-state index in [4.69, 9.17) is 10.5 Å². The zero-order chi connectivity index (χ0) is 14.7. The first-order valence-electron chi connectivity index (χ1n) is 6.39. The molecular weight excluding hydrogens is 256 g/mol. The van der Waals surface area contributed by atoms with Crippen LogP contribution in [0.2, 0.25) is 0 Å². The molecule has 5 heteroatoms. The smallest absolute Gasteiger partial charge is 0.355 e. The van der Waals surface area contributed by atoms with Gasteiger partial charge >= 0.3 is 5.97 Å². The van der Waals surface area contributed by atoms with Crippen LogP contribution in [0.15, 0.2) is 36.5 Å². The van der Waals surface area contributed by atoms with Gasteiger partial charge in [0.1, 0.15) is 18.1 Å². The molecule has 0 aliphatic heterocycles. The molecule has 106 valence electrons. The van der Waals surface area contributed by atoms with Gasteiger partial charge in [0.2, 0.25) is 0 Å². The second-order valence-electron chi connectivity index (χ2n) is 4.90. The van der Waals surface area contributed by atoms with Crippen molar-refractivity contribution in [2.45, 2.75) is 26.5 Å². The Morgan fingerprint density at radius 3 is 2.60 bits per heavy atom. The minimum atomic E-state index is -0.413. The first-order chi connectivity index (χ1) is 9.47. The zero-order valence-corrected chi connectivity index (χ0v) is 11.5. The number of nitrogens with zero attached hydrogens (tertiary/aromatic N) is 1. The van der Waals surface area contributed by atoms with Crippen molar-refractivity contribution in [2.75, 3.05) is 5.73 Å². The molecule has 0 bridgehead atoms. The number of nitrogens with two attached hydrogens (primary N) is 1. The number of ether oxygens (including phenoxy) is 1. The van der Waals surface area contributed by atoms with Crippen molar-refractivity contribution in [1.29, 1.82) is 0 Å². The van der Waals surface area contributed by atoms with Gasteiger partial charge in [-0.25, -0.2) is 4.79 Å². The van der Waals surface area contributed by atoms with Crippen molar-refractivity contribution in [3.63, 3.8) is 0 Å². The van der Waals surface area contributed by atoms with Crippen molar-refractivity contribution >= 4 is 11.7 Å². The standard InChI is InChI=1S/C15H18N2O3/c1-10(2)17-8-12(16)7-14(17)15(19)20-9-11-3-5-13(18)6-4-11/h3-8,10,18H,9,16H2,1-2H3. The highest BCUT2D eigenvalue weighted by molar-refractivity contribution is 5.89. The van der Waals surface area contributed by atoms with E-state index in [0.717, 1.165) is 5.56 Å². The molecule has 0 aliphatic carbocycles. The predicted octanol–water partition coefficient (Wildman–Crippen LogP) is 2.71. The van der Waals surface area contributed by atoms with E-state index in [-0.39, 0.29) is 18.4 Å². The summed E-state index contributed by atoms with van der Waals surface area (Å²) in [5.74, 6) is -0.231. The number of phenols is 1. The van der Waals surface area contributed by atoms with Crippen molar-refractivity contribution in [1.82, 2.24) is 4.57 Å². The molecule has 0 saturated heterocycles. The molecule has 0 unspecified atom stereocenters. The maximum Gasteiger partial charge on any atom is 0.355 e. The average molecular weight is 274 g/mol. The normalized spacial score (nSPS) is 10.8. The second kappa shape index (κ2) is 5.69. The zero-order valence-electron chi connectivity index (χ0n) is 11.5. The fourth-order valence-electron chi connectivity index (χ4n) is 1.91. The van der Waals surface area contributed by atoms with E-state index >= 15 is 0 Å². The summed E-state index contributed by atoms with van der Waals surface area (Å²) in [5, 5.41) is 9.19. The molecule has 0 radical (unpaired) electrons. The molecule has 3 N–H and O–H groups in total. The summed E-state index contributed by atoms with van der Waals surface area (Å²) in [6.45, 7) is 4.09. The Kier molecular flexibility index (Phi) is 3.98. The lowest BCUT2D eigenvalue weighted by atomic mass is 10.2. The van der Waals surface area contributed by atoms with Gasteiger partial charge in [0, 0.05) is 12.2 Å². The summed E-state index contributed by atoms with van der Waals surface area (Å²) >= 11 is 0. The molecule has 1 heterocycles. The largest absolute Gasteiger partial charge is 0.508 e. The number of benzene rings is 1. The van der Waals surface area contributed by atoms with Crippen LogP contribution in [0.1, 0.15) is 35.9 Å². The second-order valence-corrected chi connectivity index (χ2v) is 4.90. The molecule has 20 heavy (non-hydrogen) atoms. The van der Waals surface area contributed by atoms with Gasteiger partial charge in [-0.15, -0.1) is 0 Å². The molecule has 0 amide bonds. The number of carbonyl (C=O) groups is 1. The van der Waals surface area contributed by atoms with Crippen LogP contribution in [0.25, 0.3) is 0 Å². The molecular formula is C15H18N2O3. The fourth-order valence-corrected chi connectivity index (χ4v) is 1.91. The first kappa shape index (κ1) is 14.0. The third-order valence-electron chi connectivity index (χ3n) is 2.94. The van der Waals surface area contributed by atoms with Gasteiger partial charge in [-0.3, -0.25) is 0 Å². The summed E-state index contributed by atoms with van der Waals surface area (Å²) in [5.41, 5.74) is 7.51. The van der Waals surface area contributed by atoms with Gasteiger partial charge in [-0.05, 0) is 37.6 Å². The minimum absolute atomic E-state index is 0.128. The lowest BCUT2D eigenvalue weighted by Gasteiger charge is -2.12. The van der Waals surface area contributed by atoms with Crippen LogP contribution in [-0.4, -0.2) is 15.6 Å². The third-order valence-corrected chi connectivity index (χ3v) is 2.94. The molecule has 1 aromatic heterocycles. The van der Waals surface area contributed by atoms with E-state index < -0.39 is 5.97 Å². The maximum atomic E-state index is 12.1. The summed E-state index contributed by atoms with van der Waals surface area (Å²) in [6, 6.07) is 8.26. The highest BCUT2D eigenvalue weighted by atomic mass is 16.5. The van der Waals surface area contributed by atoms with Crippen molar-refractivity contribution < 1.29 is 14.6 Å². The van der Waals surface area contributed by atoms with Crippen LogP contribution < -0.4 is 5.73 Å². The van der Waals surface area contributed by atoms with Crippen LogP contribution >= 0.6 is 0 Å². The van der Waals surface area contributed by atoms with Gasteiger partial charge in [0.15, 0.2) is 0 Å². The minimum Gasteiger partial charge on any atom is -0.508 e. The lowest BCUT2D eigenvalue weighted by molar-refractivity contribution is 0.0458. The van der Waals surface area contributed by atoms with Gasteiger partial charge in [0.05, 0.1) is 5.69 Å². The Morgan fingerprint density at radius 2 is 2.00 bits per heavy atom. The van der Waals surface area contributed by atoms with Gasteiger partial charge in [0.25, 0.3) is 0 Å². The van der Waals surface area contributed by atoms with Gasteiger partial charge in [-0.1, -0.05) is 12.1 Å². The number of carbonyl (C=O) groups excluding carboxylic acids is 1. The maximum absolute atomic E-state index is 12.1. The number of aromatic hydroxyl groups is 1. The number of hydrogen-bond donors (Lipinski definition) is 2. The van der Waals surface area contributed by atoms with Crippen molar-refractivity contribution in [3.05, 3.63) is 47.8 Å². The Morgan fingerprint density at radius 1 is 1.35 bits per heavy atom. The molecule has 0 spiro atoms. The monoisotopic (exact) mass is 274 g/mol. The third kappa shape index (κ3) is 3.12. The molecule has 2 rings (SSSR count). The van der Waals surface area contributed by atoms with Crippen molar-refractivity contribution in [2.24, 2.45) is 0 Å².